The quantitative estimate of drug-likeness (QED) is 0.744. The Morgan fingerprint density at radius 3 is 2.64 bits per heavy atom. The number of carboxylic acid groups (broad SMARTS) is 1. The van der Waals surface area contributed by atoms with Crippen molar-refractivity contribution < 1.29 is 24.2 Å². The summed E-state index contributed by atoms with van der Waals surface area (Å²) in [5.41, 5.74) is 0.975. The van der Waals surface area contributed by atoms with Crippen molar-refractivity contribution in [1.82, 2.24) is 10.3 Å². The number of ether oxygens (including phenoxy) is 1. The number of benzene rings is 1. The monoisotopic (exact) mass is 344 g/mol. The molecular weight excluding hydrogens is 324 g/mol. The number of carbonyl (C=O) groups is 3. The summed E-state index contributed by atoms with van der Waals surface area (Å²) in [7, 11) is 0. The van der Waals surface area contributed by atoms with Crippen molar-refractivity contribution in [3.8, 4) is 0 Å². The summed E-state index contributed by atoms with van der Waals surface area (Å²) >= 11 is 0. The van der Waals surface area contributed by atoms with Crippen molar-refractivity contribution in [2.45, 2.75) is 26.3 Å². The molecule has 0 spiro atoms. The van der Waals surface area contributed by atoms with E-state index in [2.05, 4.69) is 10.3 Å². The first-order valence-electron chi connectivity index (χ1n) is 7.98. The van der Waals surface area contributed by atoms with Crippen LogP contribution < -0.4 is 5.32 Å². The zero-order chi connectivity index (χ0) is 18.4. The predicted molar refractivity (Wildman–Crippen MR) is 91.0 cm³/mol. The molecule has 0 bridgehead atoms. The lowest BCUT2D eigenvalue weighted by Crippen LogP contribution is -2.42. The Kier molecular flexibility index (Phi) is 6.05. The fourth-order valence-electron chi connectivity index (χ4n) is 2.49. The van der Waals surface area contributed by atoms with Crippen LogP contribution in [-0.2, 0) is 14.3 Å². The molecule has 0 aliphatic heterocycles. The highest BCUT2D eigenvalue weighted by molar-refractivity contribution is 6.06. The lowest BCUT2D eigenvalue weighted by Gasteiger charge is -2.18. The highest BCUT2D eigenvalue weighted by atomic mass is 16.5. The molecule has 132 valence electrons. The molecule has 0 radical (unpaired) electrons. The van der Waals surface area contributed by atoms with Crippen LogP contribution in [0.2, 0.25) is 0 Å². The molecule has 2 atom stereocenters. The van der Waals surface area contributed by atoms with E-state index in [1.807, 2.05) is 0 Å². The first kappa shape index (κ1) is 18.4. The van der Waals surface area contributed by atoms with Gasteiger partial charge in [-0.1, -0.05) is 25.1 Å². The number of aliphatic carboxylic acids is 1. The fourth-order valence-corrected chi connectivity index (χ4v) is 2.49. The van der Waals surface area contributed by atoms with E-state index in [0.717, 1.165) is 0 Å². The predicted octanol–water partition coefficient (Wildman–Crippen LogP) is 2.01. The van der Waals surface area contributed by atoms with Crippen LogP contribution in [0.5, 0.6) is 0 Å². The highest BCUT2D eigenvalue weighted by Crippen LogP contribution is 2.17. The molecule has 1 aromatic carbocycles. The summed E-state index contributed by atoms with van der Waals surface area (Å²) in [6.45, 7) is 3.47. The lowest BCUT2D eigenvalue weighted by atomic mass is 10.0. The Bertz CT molecular complexity index is 785. The number of para-hydroxylation sites is 1. The zero-order valence-electron chi connectivity index (χ0n) is 14.1. The largest absolute Gasteiger partial charge is 0.480 e. The summed E-state index contributed by atoms with van der Waals surface area (Å²) < 4.78 is 4.88. The summed E-state index contributed by atoms with van der Waals surface area (Å²) in [4.78, 5) is 39.9. The second kappa shape index (κ2) is 8.23. The van der Waals surface area contributed by atoms with Crippen molar-refractivity contribution in [3.63, 3.8) is 0 Å². The van der Waals surface area contributed by atoms with Gasteiger partial charge >= 0.3 is 11.9 Å². The molecule has 2 rings (SSSR count). The van der Waals surface area contributed by atoms with Gasteiger partial charge in [0.2, 0.25) is 0 Å². The molecule has 1 aromatic heterocycles. The molecule has 1 amide bonds. The second-order valence-electron chi connectivity index (χ2n) is 5.63. The molecule has 25 heavy (non-hydrogen) atoms. The molecule has 7 nitrogen and oxygen atoms in total. The van der Waals surface area contributed by atoms with Gasteiger partial charge in [0.05, 0.1) is 23.6 Å². The van der Waals surface area contributed by atoms with E-state index in [-0.39, 0.29) is 13.0 Å². The normalized spacial score (nSPS) is 13.0. The summed E-state index contributed by atoms with van der Waals surface area (Å²) in [5, 5.41) is 12.5. The lowest BCUT2D eigenvalue weighted by molar-refractivity contribution is -0.148. The maximum atomic E-state index is 12.5. The number of amides is 1. The van der Waals surface area contributed by atoms with E-state index in [4.69, 9.17) is 4.74 Å². The van der Waals surface area contributed by atoms with Gasteiger partial charge in [-0.15, -0.1) is 0 Å². The van der Waals surface area contributed by atoms with E-state index in [0.29, 0.717) is 16.5 Å². The maximum Gasteiger partial charge on any atom is 0.326 e. The van der Waals surface area contributed by atoms with Crippen molar-refractivity contribution >= 4 is 28.7 Å². The Morgan fingerprint density at radius 2 is 1.96 bits per heavy atom. The minimum Gasteiger partial charge on any atom is -0.480 e. The van der Waals surface area contributed by atoms with Crippen LogP contribution in [0.1, 0.15) is 30.6 Å². The summed E-state index contributed by atoms with van der Waals surface area (Å²) in [6, 6.07) is 7.43. The van der Waals surface area contributed by atoms with Gasteiger partial charge in [-0.3, -0.25) is 14.6 Å². The number of fused-ring (bicyclic) bond motifs is 1. The van der Waals surface area contributed by atoms with E-state index in [9.17, 15) is 19.5 Å². The third kappa shape index (κ3) is 4.53. The topological polar surface area (TPSA) is 106 Å². The standard InChI is InChI=1S/C18H20N2O5/c1-3-25-18(24)11(2)10-15(17(22)23)20-16(21)13-8-9-19-14-7-5-4-6-12(13)14/h4-9,11,15H,3,10H2,1-2H3,(H,20,21)(H,22,23)/t11-,15+/m0/s1. The van der Waals surface area contributed by atoms with E-state index >= 15 is 0 Å². The first-order chi connectivity index (χ1) is 11.9. The van der Waals surface area contributed by atoms with Gasteiger partial charge in [0.15, 0.2) is 0 Å². The number of aromatic nitrogens is 1. The third-order valence-electron chi connectivity index (χ3n) is 3.78. The number of carboxylic acids is 1. The smallest absolute Gasteiger partial charge is 0.326 e. The van der Waals surface area contributed by atoms with Gasteiger partial charge < -0.3 is 15.2 Å². The van der Waals surface area contributed by atoms with Crippen LogP contribution in [0.15, 0.2) is 36.5 Å². The highest BCUT2D eigenvalue weighted by Gasteiger charge is 2.27. The molecule has 7 heteroatoms. The van der Waals surface area contributed by atoms with Crippen LogP contribution in [0.4, 0.5) is 0 Å². The Balaban J connectivity index is 2.17. The molecule has 0 unspecified atom stereocenters. The van der Waals surface area contributed by atoms with E-state index in [1.165, 1.54) is 12.3 Å². The number of carbonyl (C=O) groups excluding carboxylic acids is 2. The van der Waals surface area contributed by atoms with Gasteiger partial charge in [-0.25, -0.2) is 4.79 Å². The fraction of sp³-hybridized carbons (Fsp3) is 0.333. The van der Waals surface area contributed by atoms with Gasteiger partial charge in [0, 0.05) is 11.6 Å². The van der Waals surface area contributed by atoms with Crippen LogP contribution in [0.3, 0.4) is 0 Å². The molecule has 2 aromatic rings. The minimum absolute atomic E-state index is 0.0527. The Labute approximate surface area is 145 Å². The number of hydrogen-bond acceptors (Lipinski definition) is 5. The third-order valence-corrected chi connectivity index (χ3v) is 3.78. The van der Waals surface area contributed by atoms with Gasteiger partial charge in [-0.2, -0.15) is 0 Å². The number of nitrogens with zero attached hydrogens (tertiary/aromatic N) is 1. The number of hydrogen-bond donors (Lipinski definition) is 2. The molecule has 0 aliphatic carbocycles. The van der Waals surface area contributed by atoms with Crippen LogP contribution in [-0.4, -0.2) is 40.6 Å². The SMILES string of the molecule is CCOC(=O)[C@@H](C)C[C@@H](NC(=O)c1ccnc2ccccc12)C(=O)O. The van der Waals surface area contributed by atoms with E-state index < -0.39 is 29.8 Å². The Hall–Kier alpha value is -2.96. The molecule has 0 saturated heterocycles. The van der Waals surface area contributed by atoms with Crippen molar-refractivity contribution in [2.24, 2.45) is 5.92 Å². The Morgan fingerprint density at radius 1 is 1.24 bits per heavy atom. The van der Waals surface area contributed by atoms with Crippen molar-refractivity contribution in [2.75, 3.05) is 6.61 Å². The van der Waals surface area contributed by atoms with Crippen LogP contribution in [0, 0.1) is 5.92 Å². The molecule has 0 fully saturated rings. The van der Waals surface area contributed by atoms with Gasteiger partial charge in [0.25, 0.3) is 5.91 Å². The minimum atomic E-state index is -1.21. The number of nitrogens with one attached hydrogen (secondary N) is 1. The zero-order valence-corrected chi connectivity index (χ0v) is 14.1. The average molecular weight is 344 g/mol. The van der Waals surface area contributed by atoms with Crippen LogP contribution >= 0.6 is 0 Å². The molecule has 0 aliphatic rings. The van der Waals surface area contributed by atoms with Gasteiger partial charge in [-0.05, 0) is 25.5 Å². The average Bonchev–Trinajstić information content (AvgIpc) is 2.60. The van der Waals surface area contributed by atoms with Crippen molar-refractivity contribution in [3.05, 3.63) is 42.1 Å². The molecule has 2 N–H and O–H groups in total. The van der Waals surface area contributed by atoms with Crippen LogP contribution in [0.25, 0.3) is 10.9 Å². The number of pyridine rings is 1. The number of esters is 1. The molecular formula is C18H20N2O5. The number of rotatable bonds is 7. The van der Waals surface area contributed by atoms with Crippen molar-refractivity contribution in [1.29, 1.82) is 0 Å². The van der Waals surface area contributed by atoms with Gasteiger partial charge in [0.1, 0.15) is 6.04 Å². The second-order valence-corrected chi connectivity index (χ2v) is 5.63. The maximum absolute atomic E-state index is 12.5. The van der Waals surface area contributed by atoms with E-state index in [1.54, 1.807) is 38.1 Å². The molecule has 0 saturated carbocycles. The molecule has 1 heterocycles. The first-order valence-corrected chi connectivity index (χ1v) is 7.98. The summed E-state index contributed by atoms with van der Waals surface area (Å²) in [5.74, 6) is -2.86. The summed E-state index contributed by atoms with van der Waals surface area (Å²) in [6.07, 6.45) is 1.44.